The quantitative estimate of drug-likeness (QED) is 0.807. The van der Waals surface area contributed by atoms with Gasteiger partial charge < -0.3 is 15.7 Å². The van der Waals surface area contributed by atoms with Crippen molar-refractivity contribution in [3.63, 3.8) is 0 Å². The molecular formula is C15H19FN4O2. The van der Waals surface area contributed by atoms with Gasteiger partial charge in [0.05, 0.1) is 12.7 Å². The van der Waals surface area contributed by atoms with Gasteiger partial charge in [-0.15, -0.1) is 0 Å². The molecule has 0 spiro atoms. The van der Waals surface area contributed by atoms with Crippen LogP contribution >= 0.6 is 0 Å². The maximum Gasteiger partial charge on any atom is 0.319 e. The molecule has 22 heavy (non-hydrogen) atoms. The predicted molar refractivity (Wildman–Crippen MR) is 80.9 cm³/mol. The lowest BCUT2D eigenvalue weighted by Gasteiger charge is -2.22. The van der Waals surface area contributed by atoms with Crippen LogP contribution in [-0.2, 0) is 12.6 Å². The van der Waals surface area contributed by atoms with Crippen LogP contribution in [0.2, 0.25) is 0 Å². The van der Waals surface area contributed by atoms with Crippen LogP contribution in [0, 0.1) is 12.7 Å². The molecule has 1 aromatic heterocycles. The van der Waals surface area contributed by atoms with E-state index in [9.17, 15) is 14.3 Å². The Kier molecular flexibility index (Phi) is 4.46. The third kappa shape index (κ3) is 3.62. The third-order valence-electron chi connectivity index (χ3n) is 3.44. The number of amides is 2. The summed E-state index contributed by atoms with van der Waals surface area (Å²) in [6.07, 6.45) is 3.21. The van der Waals surface area contributed by atoms with Crippen LogP contribution in [0.15, 0.2) is 30.6 Å². The summed E-state index contributed by atoms with van der Waals surface area (Å²) >= 11 is 0. The number of aromatic nitrogens is 2. The van der Waals surface area contributed by atoms with Crippen LogP contribution in [-0.4, -0.2) is 27.5 Å². The van der Waals surface area contributed by atoms with Gasteiger partial charge in [-0.2, -0.15) is 5.10 Å². The van der Waals surface area contributed by atoms with E-state index < -0.39 is 11.6 Å². The topological polar surface area (TPSA) is 79.2 Å². The highest BCUT2D eigenvalue weighted by molar-refractivity contribution is 5.90. The first-order chi connectivity index (χ1) is 10.3. The molecule has 0 aliphatic heterocycles. The second kappa shape index (κ2) is 6.15. The number of hydrogen-bond acceptors (Lipinski definition) is 3. The van der Waals surface area contributed by atoms with Gasteiger partial charge in [0.25, 0.3) is 0 Å². The van der Waals surface area contributed by atoms with Gasteiger partial charge in [-0.05, 0) is 26.0 Å². The Morgan fingerprint density at radius 2 is 2.23 bits per heavy atom. The summed E-state index contributed by atoms with van der Waals surface area (Å²) in [5.41, 5.74) is 0.0928. The van der Waals surface area contributed by atoms with Gasteiger partial charge >= 0.3 is 6.03 Å². The third-order valence-corrected chi connectivity index (χ3v) is 3.44. The van der Waals surface area contributed by atoms with Crippen molar-refractivity contribution >= 4 is 11.7 Å². The molecule has 0 bridgehead atoms. The SMILES string of the molecule is Cc1c(F)cccc1NC(=O)NCC(C)(O)c1cnn(C)c1. The van der Waals surface area contributed by atoms with E-state index in [1.807, 2.05) is 0 Å². The molecule has 0 aliphatic rings. The fraction of sp³-hybridized carbons (Fsp3) is 0.333. The van der Waals surface area contributed by atoms with E-state index in [0.29, 0.717) is 16.8 Å². The summed E-state index contributed by atoms with van der Waals surface area (Å²) in [6, 6.07) is 3.94. The van der Waals surface area contributed by atoms with Crippen LogP contribution in [0.3, 0.4) is 0 Å². The molecule has 2 amide bonds. The first-order valence-electron chi connectivity index (χ1n) is 6.81. The Bertz CT molecular complexity index is 682. The first kappa shape index (κ1) is 16.0. The molecule has 118 valence electrons. The largest absolute Gasteiger partial charge is 0.383 e. The predicted octanol–water partition coefficient (Wildman–Crippen LogP) is 1.90. The van der Waals surface area contributed by atoms with Crippen molar-refractivity contribution in [2.45, 2.75) is 19.4 Å². The molecule has 1 heterocycles. The number of urea groups is 1. The number of nitrogens with one attached hydrogen (secondary N) is 2. The average Bonchev–Trinajstić information content (AvgIpc) is 2.89. The van der Waals surface area contributed by atoms with E-state index in [2.05, 4.69) is 15.7 Å². The Morgan fingerprint density at radius 1 is 1.50 bits per heavy atom. The minimum absolute atomic E-state index is 0.00110. The standard InChI is InChI=1S/C15H19FN4O2/c1-10-12(16)5-4-6-13(10)19-14(21)17-9-15(2,22)11-7-18-20(3)8-11/h4-8,22H,9H2,1-3H3,(H2,17,19,21). The van der Waals surface area contributed by atoms with Crippen molar-refractivity contribution < 1.29 is 14.3 Å². The summed E-state index contributed by atoms with van der Waals surface area (Å²) < 4.78 is 15.0. The molecular weight excluding hydrogens is 287 g/mol. The van der Waals surface area contributed by atoms with Gasteiger partial charge in [-0.1, -0.05) is 6.07 Å². The lowest BCUT2D eigenvalue weighted by atomic mass is 10.00. The first-order valence-corrected chi connectivity index (χ1v) is 6.81. The minimum atomic E-state index is -1.25. The smallest absolute Gasteiger partial charge is 0.319 e. The van der Waals surface area contributed by atoms with Crippen LogP contribution < -0.4 is 10.6 Å². The van der Waals surface area contributed by atoms with Crippen LogP contribution in [0.4, 0.5) is 14.9 Å². The summed E-state index contributed by atoms with van der Waals surface area (Å²) in [7, 11) is 1.74. The number of rotatable bonds is 4. The van der Waals surface area contributed by atoms with Gasteiger partial charge in [-0.25, -0.2) is 9.18 Å². The monoisotopic (exact) mass is 306 g/mol. The zero-order valence-electron chi connectivity index (χ0n) is 12.7. The normalized spacial score (nSPS) is 13.5. The van der Waals surface area contributed by atoms with Crippen molar-refractivity contribution in [3.05, 3.63) is 47.5 Å². The van der Waals surface area contributed by atoms with E-state index in [-0.39, 0.29) is 12.4 Å². The van der Waals surface area contributed by atoms with Crippen LogP contribution in [0.5, 0.6) is 0 Å². The molecule has 0 aliphatic carbocycles. The summed E-state index contributed by atoms with van der Waals surface area (Å²) in [4.78, 5) is 11.9. The second-order valence-corrected chi connectivity index (χ2v) is 5.40. The highest BCUT2D eigenvalue weighted by Crippen LogP contribution is 2.19. The molecule has 7 heteroatoms. The molecule has 0 saturated carbocycles. The average molecular weight is 306 g/mol. The molecule has 6 nitrogen and oxygen atoms in total. The Morgan fingerprint density at radius 3 is 2.86 bits per heavy atom. The number of carbonyl (C=O) groups is 1. The summed E-state index contributed by atoms with van der Waals surface area (Å²) in [6.45, 7) is 3.16. The van der Waals surface area contributed by atoms with Crippen molar-refractivity contribution in [2.75, 3.05) is 11.9 Å². The molecule has 0 radical (unpaired) electrons. The van der Waals surface area contributed by atoms with E-state index in [1.54, 1.807) is 37.8 Å². The maximum atomic E-state index is 13.4. The second-order valence-electron chi connectivity index (χ2n) is 5.40. The number of aliphatic hydroxyl groups is 1. The Balaban J connectivity index is 1.96. The van der Waals surface area contributed by atoms with Crippen LogP contribution in [0.25, 0.3) is 0 Å². The molecule has 0 saturated heterocycles. The summed E-state index contributed by atoms with van der Waals surface area (Å²) in [5, 5.41) is 19.5. The fourth-order valence-corrected chi connectivity index (χ4v) is 1.96. The number of benzene rings is 1. The van der Waals surface area contributed by atoms with Gasteiger partial charge in [0.15, 0.2) is 0 Å². The lowest BCUT2D eigenvalue weighted by Crippen LogP contribution is -2.40. The van der Waals surface area contributed by atoms with E-state index in [4.69, 9.17) is 0 Å². The van der Waals surface area contributed by atoms with Gasteiger partial charge in [0.2, 0.25) is 0 Å². The fourth-order valence-electron chi connectivity index (χ4n) is 1.96. The molecule has 3 N–H and O–H groups in total. The summed E-state index contributed by atoms with van der Waals surface area (Å²) in [5.74, 6) is -0.389. The molecule has 1 aromatic carbocycles. The minimum Gasteiger partial charge on any atom is -0.383 e. The molecule has 0 fully saturated rings. The van der Waals surface area contributed by atoms with Crippen molar-refractivity contribution in [1.82, 2.24) is 15.1 Å². The number of nitrogens with zero attached hydrogens (tertiary/aromatic N) is 2. The zero-order valence-corrected chi connectivity index (χ0v) is 12.7. The van der Waals surface area contributed by atoms with Crippen molar-refractivity contribution in [1.29, 1.82) is 0 Å². The van der Waals surface area contributed by atoms with Gasteiger partial charge in [0, 0.05) is 30.1 Å². The Labute approximate surface area is 128 Å². The highest BCUT2D eigenvalue weighted by atomic mass is 19.1. The molecule has 2 aromatic rings. The van der Waals surface area contributed by atoms with E-state index in [1.165, 1.54) is 18.3 Å². The Hall–Kier alpha value is -2.41. The number of hydrogen-bond donors (Lipinski definition) is 3. The maximum absolute atomic E-state index is 13.4. The van der Waals surface area contributed by atoms with Gasteiger partial charge in [0.1, 0.15) is 11.4 Å². The highest BCUT2D eigenvalue weighted by Gasteiger charge is 2.25. The number of aryl methyl sites for hydroxylation is 1. The number of anilines is 1. The van der Waals surface area contributed by atoms with E-state index >= 15 is 0 Å². The van der Waals surface area contributed by atoms with Crippen LogP contribution in [0.1, 0.15) is 18.1 Å². The lowest BCUT2D eigenvalue weighted by molar-refractivity contribution is 0.0599. The number of halogens is 1. The molecule has 1 atom stereocenters. The van der Waals surface area contributed by atoms with E-state index in [0.717, 1.165) is 0 Å². The van der Waals surface area contributed by atoms with Crippen molar-refractivity contribution in [3.8, 4) is 0 Å². The zero-order chi connectivity index (χ0) is 16.3. The number of carbonyl (C=O) groups excluding carboxylic acids is 1. The molecule has 1 unspecified atom stereocenters. The van der Waals surface area contributed by atoms with Gasteiger partial charge in [-0.3, -0.25) is 4.68 Å². The molecule has 2 rings (SSSR count). The van der Waals surface area contributed by atoms with Crippen molar-refractivity contribution in [2.24, 2.45) is 7.05 Å².